The van der Waals surface area contributed by atoms with Gasteiger partial charge in [0.2, 0.25) is 10.0 Å². The van der Waals surface area contributed by atoms with Gasteiger partial charge >= 0.3 is 5.97 Å². The first-order valence-electron chi connectivity index (χ1n) is 7.13. The summed E-state index contributed by atoms with van der Waals surface area (Å²) in [5, 5.41) is -0.327. The number of carbonyl (C=O) groups excluding carboxylic acids is 1. The number of halogens is 3. The summed E-state index contributed by atoms with van der Waals surface area (Å²) in [5.41, 5.74) is 0.220. The van der Waals surface area contributed by atoms with Crippen LogP contribution in [0.25, 0.3) is 0 Å². The molecule has 0 atom stereocenters. The zero-order valence-corrected chi connectivity index (χ0v) is 14.4. The molecule has 0 saturated heterocycles. The second kappa shape index (κ2) is 8.37. The number of esters is 1. The predicted molar refractivity (Wildman–Crippen MR) is 87.4 cm³/mol. The lowest BCUT2D eigenvalue weighted by atomic mass is 10.2. The van der Waals surface area contributed by atoms with Crippen LogP contribution in [0, 0.1) is 11.6 Å². The second-order valence-electron chi connectivity index (χ2n) is 4.98. The Bertz CT molecular complexity index is 874. The van der Waals surface area contributed by atoms with E-state index in [1.165, 1.54) is 18.2 Å². The molecule has 0 aromatic heterocycles. The molecule has 2 aromatic rings. The van der Waals surface area contributed by atoms with Gasteiger partial charge in [0.1, 0.15) is 18.2 Å². The summed E-state index contributed by atoms with van der Waals surface area (Å²) < 4.78 is 57.5. The van der Waals surface area contributed by atoms with E-state index in [2.05, 4.69) is 4.72 Å². The monoisotopic (exact) mass is 389 g/mol. The van der Waals surface area contributed by atoms with E-state index in [1.54, 1.807) is 6.07 Å². The molecule has 134 valence electrons. The first-order chi connectivity index (χ1) is 11.8. The van der Waals surface area contributed by atoms with E-state index in [-0.39, 0.29) is 35.1 Å². The summed E-state index contributed by atoms with van der Waals surface area (Å²) in [7, 11) is -3.94. The average Bonchev–Trinajstić information content (AvgIpc) is 2.56. The fourth-order valence-corrected chi connectivity index (χ4v) is 3.16. The number of sulfonamides is 1. The minimum absolute atomic E-state index is 0.220. The third-order valence-electron chi connectivity index (χ3n) is 3.17. The zero-order valence-electron chi connectivity index (χ0n) is 12.8. The number of benzene rings is 2. The number of nitrogens with one attached hydrogen (secondary N) is 1. The predicted octanol–water partition coefficient (Wildman–Crippen LogP) is 3.03. The molecule has 0 spiro atoms. The van der Waals surface area contributed by atoms with Crippen molar-refractivity contribution >= 4 is 27.6 Å². The maximum atomic E-state index is 13.4. The number of ether oxygens (including phenoxy) is 1. The first-order valence-corrected chi connectivity index (χ1v) is 8.99. The Morgan fingerprint density at radius 1 is 1.12 bits per heavy atom. The fourth-order valence-electron chi connectivity index (χ4n) is 1.86. The van der Waals surface area contributed by atoms with Crippen molar-refractivity contribution in [1.29, 1.82) is 0 Å². The van der Waals surface area contributed by atoms with Crippen molar-refractivity contribution < 1.29 is 26.7 Å². The van der Waals surface area contributed by atoms with Crippen LogP contribution >= 0.6 is 11.6 Å². The van der Waals surface area contributed by atoms with Crippen LogP contribution in [0.4, 0.5) is 8.78 Å². The molecular weight excluding hydrogens is 376 g/mol. The molecule has 1 N–H and O–H groups in total. The molecule has 0 aliphatic carbocycles. The molecule has 2 aromatic carbocycles. The first kappa shape index (κ1) is 19.3. The highest BCUT2D eigenvalue weighted by Crippen LogP contribution is 2.19. The van der Waals surface area contributed by atoms with Gasteiger partial charge in [-0.25, -0.2) is 21.9 Å². The Morgan fingerprint density at radius 2 is 1.84 bits per heavy atom. The molecule has 25 heavy (non-hydrogen) atoms. The maximum Gasteiger partial charge on any atom is 0.307 e. The minimum atomic E-state index is -3.94. The largest absolute Gasteiger partial charge is 0.461 e. The molecule has 0 aliphatic rings. The van der Waals surface area contributed by atoms with Gasteiger partial charge in [0.05, 0.1) is 16.3 Å². The van der Waals surface area contributed by atoms with Gasteiger partial charge in [-0.1, -0.05) is 29.8 Å². The minimum Gasteiger partial charge on any atom is -0.461 e. The molecule has 0 fully saturated rings. The van der Waals surface area contributed by atoms with Crippen LogP contribution in [0.3, 0.4) is 0 Å². The second-order valence-corrected chi connectivity index (χ2v) is 7.15. The maximum absolute atomic E-state index is 13.4. The van der Waals surface area contributed by atoms with Crippen molar-refractivity contribution in [1.82, 2.24) is 4.72 Å². The van der Waals surface area contributed by atoms with Crippen LogP contribution in [-0.4, -0.2) is 20.9 Å². The van der Waals surface area contributed by atoms with E-state index < -0.39 is 27.6 Å². The van der Waals surface area contributed by atoms with Crippen LogP contribution in [0.5, 0.6) is 0 Å². The highest BCUT2D eigenvalue weighted by atomic mass is 35.5. The normalized spacial score (nSPS) is 11.3. The third kappa shape index (κ3) is 5.48. The Balaban J connectivity index is 1.84. The van der Waals surface area contributed by atoms with Gasteiger partial charge in [0.15, 0.2) is 0 Å². The van der Waals surface area contributed by atoms with Crippen LogP contribution in [-0.2, 0) is 26.2 Å². The summed E-state index contributed by atoms with van der Waals surface area (Å²) in [6.45, 7) is -0.473. The van der Waals surface area contributed by atoms with Crippen molar-refractivity contribution in [3.05, 3.63) is 64.7 Å². The van der Waals surface area contributed by atoms with Crippen molar-refractivity contribution in [3.63, 3.8) is 0 Å². The molecule has 0 bridgehead atoms. The standard InChI is InChI=1S/C16H14ClF2NO4S/c17-13-9-12(5-6-15(13)19)25(22,23)20-8-7-16(21)24-10-11-3-1-2-4-14(11)18/h1-6,9,20H,7-8,10H2. The molecule has 0 saturated carbocycles. The van der Waals surface area contributed by atoms with Gasteiger partial charge in [-0.2, -0.15) is 0 Å². The zero-order chi connectivity index (χ0) is 18.4. The van der Waals surface area contributed by atoms with E-state index in [0.29, 0.717) is 0 Å². The highest BCUT2D eigenvalue weighted by molar-refractivity contribution is 7.89. The van der Waals surface area contributed by atoms with Gasteiger partial charge < -0.3 is 4.74 Å². The lowest BCUT2D eigenvalue weighted by Crippen LogP contribution is -2.26. The molecule has 0 radical (unpaired) electrons. The van der Waals surface area contributed by atoms with Gasteiger partial charge in [-0.05, 0) is 24.3 Å². The van der Waals surface area contributed by atoms with Crippen LogP contribution in [0.2, 0.25) is 5.02 Å². The van der Waals surface area contributed by atoms with E-state index in [1.807, 2.05) is 0 Å². The molecule has 0 unspecified atom stereocenters. The Hall–Kier alpha value is -2.03. The van der Waals surface area contributed by atoms with Crippen molar-refractivity contribution in [2.24, 2.45) is 0 Å². The summed E-state index contributed by atoms with van der Waals surface area (Å²) in [5.74, 6) is -1.93. The number of hydrogen-bond acceptors (Lipinski definition) is 4. The van der Waals surface area contributed by atoms with Crippen molar-refractivity contribution in [3.8, 4) is 0 Å². The SMILES string of the molecule is O=C(CCNS(=O)(=O)c1ccc(F)c(Cl)c1)OCc1ccccc1F. The number of rotatable bonds is 7. The fraction of sp³-hybridized carbons (Fsp3) is 0.188. The molecule has 9 heteroatoms. The lowest BCUT2D eigenvalue weighted by Gasteiger charge is -2.08. The van der Waals surface area contributed by atoms with E-state index >= 15 is 0 Å². The Morgan fingerprint density at radius 3 is 2.52 bits per heavy atom. The van der Waals surface area contributed by atoms with E-state index in [4.69, 9.17) is 16.3 Å². The molecule has 2 rings (SSSR count). The number of carbonyl (C=O) groups is 1. The van der Waals surface area contributed by atoms with Crippen LogP contribution in [0.15, 0.2) is 47.4 Å². The third-order valence-corrected chi connectivity index (χ3v) is 4.92. The van der Waals surface area contributed by atoms with E-state index in [9.17, 15) is 22.0 Å². The molecule has 0 heterocycles. The number of hydrogen-bond donors (Lipinski definition) is 1. The topological polar surface area (TPSA) is 72.5 Å². The molecule has 0 amide bonds. The van der Waals surface area contributed by atoms with Gasteiger partial charge in [0.25, 0.3) is 0 Å². The smallest absolute Gasteiger partial charge is 0.307 e. The summed E-state index contributed by atoms with van der Waals surface area (Å²) in [6, 6.07) is 8.79. The van der Waals surface area contributed by atoms with Crippen molar-refractivity contribution in [2.75, 3.05) is 6.54 Å². The highest BCUT2D eigenvalue weighted by Gasteiger charge is 2.16. The average molecular weight is 390 g/mol. The summed E-state index contributed by atoms with van der Waals surface area (Å²) in [6.07, 6.45) is -0.247. The Kier molecular flexibility index (Phi) is 6.46. The van der Waals surface area contributed by atoms with Crippen LogP contribution < -0.4 is 4.72 Å². The van der Waals surface area contributed by atoms with Crippen LogP contribution in [0.1, 0.15) is 12.0 Å². The van der Waals surface area contributed by atoms with Gasteiger partial charge in [-0.3, -0.25) is 4.79 Å². The van der Waals surface area contributed by atoms with Crippen molar-refractivity contribution in [2.45, 2.75) is 17.9 Å². The summed E-state index contributed by atoms with van der Waals surface area (Å²) in [4.78, 5) is 11.4. The quantitative estimate of drug-likeness (QED) is 0.739. The lowest BCUT2D eigenvalue weighted by molar-refractivity contribution is -0.144. The summed E-state index contributed by atoms with van der Waals surface area (Å²) >= 11 is 5.54. The molecular formula is C16H14ClF2NO4S. The molecule has 5 nitrogen and oxygen atoms in total. The van der Waals surface area contributed by atoms with Gasteiger partial charge in [-0.15, -0.1) is 0 Å². The molecule has 0 aliphatic heterocycles. The Labute approximate surface area is 148 Å². The van der Waals surface area contributed by atoms with E-state index in [0.717, 1.165) is 18.2 Å². The van der Waals surface area contributed by atoms with Gasteiger partial charge in [0, 0.05) is 12.1 Å².